The van der Waals surface area contributed by atoms with Crippen LogP contribution in [-0.2, 0) is 0 Å². The van der Waals surface area contributed by atoms with Gasteiger partial charge in [0.05, 0.1) is 19.6 Å². The smallest absolute Gasteiger partial charge is 0.344 e. The standard InChI is InChI=1S/C18H18O4/c1-10(2)15-14(21-4)9-8-11-16-12(18(19)22-17(11)15)6-5-7-13(16)20-3/h5-10H,1-4H3. The molecular formula is C18H18O4. The average molecular weight is 298 g/mol. The molecule has 3 aromatic rings. The quantitative estimate of drug-likeness (QED) is 0.540. The minimum Gasteiger partial charge on any atom is -0.496 e. The summed E-state index contributed by atoms with van der Waals surface area (Å²) in [5.74, 6) is 1.55. The van der Waals surface area contributed by atoms with Crippen LogP contribution in [0.5, 0.6) is 11.5 Å². The van der Waals surface area contributed by atoms with Gasteiger partial charge in [0.15, 0.2) is 0 Å². The van der Waals surface area contributed by atoms with Crippen LogP contribution in [0.15, 0.2) is 39.5 Å². The predicted octanol–water partition coefficient (Wildman–Crippen LogP) is 4.09. The van der Waals surface area contributed by atoms with Crippen molar-refractivity contribution in [1.82, 2.24) is 0 Å². The van der Waals surface area contributed by atoms with Crippen LogP contribution in [0, 0.1) is 0 Å². The first-order chi connectivity index (χ1) is 10.6. The summed E-state index contributed by atoms with van der Waals surface area (Å²) in [5.41, 5.74) is 1.10. The van der Waals surface area contributed by atoms with E-state index in [1.165, 1.54) is 0 Å². The third-order valence-corrected chi connectivity index (χ3v) is 3.88. The van der Waals surface area contributed by atoms with Gasteiger partial charge >= 0.3 is 5.63 Å². The first-order valence-corrected chi connectivity index (χ1v) is 7.19. The van der Waals surface area contributed by atoms with E-state index >= 15 is 0 Å². The Morgan fingerprint density at radius 2 is 1.68 bits per heavy atom. The lowest BCUT2D eigenvalue weighted by Crippen LogP contribution is -2.04. The lowest BCUT2D eigenvalue weighted by atomic mass is 9.97. The third kappa shape index (κ3) is 2.03. The Morgan fingerprint density at radius 3 is 2.32 bits per heavy atom. The number of benzene rings is 2. The minimum absolute atomic E-state index is 0.161. The second kappa shape index (κ2) is 5.37. The first kappa shape index (κ1) is 14.4. The van der Waals surface area contributed by atoms with Crippen molar-refractivity contribution in [2.24, 2.45) is 0 Å². The molecule has 0 aliphatic rings. The van der Waals surface area contributed by atoms with Crippen LogP contribution >= 0.6 is 0 Å². The van der Waals surface area contributed by atoms with Gasteiger partial charge < -0.3 is 13.9 Å². The number of fused-ring (bicyclic) bond motifs is 3. The number of hydrogen-bond donors (Lipinski definition) is 0. The molecule has 0 aliphatic carbocycles. The summed E-state index contributed by atoms with van der Waals surface area (Å²) >= 11 is 0. The summed E-state index contributed by atoms with van der Waals surface area (Å²) in [4.78, 5) is 12.4. The molecule has 2 aromatic carbocycles. The Balaban J connectivity index is 2.59. The van der Waals surface area contributed by atoms with Gasteiger partial charge in [0.25, 0.3) is 0 Å². The Bertz CT molecular complexity index is 906. The SMILES string of the molecule is COc1ccc2c(oc(=O)c3cccc(OC)c32)c1C(C)C. The van der Waals surface area contributed by atoms with Crippen molar-refractivity contribution < 1.29 is 13.9 Å². The normalized spacial score (nSPS) is 11.3. The van der Waals surface area contributed by atoms with Crippen LogP contribution in [0.4, 0.5) is 0 Å². The molecule has 0 saturated carbocycles. The fourth-order valence-corrected chi connectivity index (χ4v) is 2.91. The molecule has 0 saturated heterocycles. The van der Waals surface area contributed by atoms with Crippen molar-refractivity contribution in [3.63, 3.8) is 0 Å². The molecule has 4 nitrogen and oxygen atoms in total. The van der Waals surface area contributed by atoms with E-state index in [1.54, 1.807) is 26.4 Å². The fraction of sp³-hybridized carbons (Fsp3) is 0.278. The van der Waals surface area contributed by atoms with Gasteiger partial charge in [-0.1, -0.05) is 19.9 Å². The van der Waals surface area contributed by atoms with Gasteiger partial charge in [-0.25, -0.2) is 4.79 Å². The van der Waals surface area contributed by atoms with Crippen molar-refractivity contribution in [3.05, 3.63) is 46.3 Å². The molecule has 1 heterocycles. The van der Waals surface area contributed by atoms with E-state index in [0.29, 0.717) is 16.7 Å². The highest BCUT2D eigenvalue weighted by Gasteiger charge is 2.19. The van der Waals surface area contributed by atoms with Crippen LogP contribution in [0.25, 0.3) is 21.7 Å². The van der Waals surface area contributed by atoms with E-state index < -0.39 is 0 Å². The van der Waals surface area contributed by atoms with Gasteiger partial charge in [-0.3, -0.25) is 0 Å². The van der Waals surface area contributed by atoms with Crippen LogP contribution in [0.3, 0.4) is 0 Å². The lowest BCUT2D eigenvalue weighted by Gasteiger charge is -2.15. The maximum Gasteiger partial charge on any atom is 0.344 e. The molecule has 114 valence electrons. The Kier molecular flexibility index (Phi) is 3.53. The lowest BCUT2D eigenvalue weighted by molar-refractivity contribution is 0.406. The second-order valence-corrected chi connectivity index (χ2v) is 5.49. The van der Waals surface area contributed by atoms with Gasteiger partial charge in [0.2, 0.25) is 0 Å². The monoisotopic (exact) mass is 298 g/mol. The number of hydrogen-bond acceptors (Lipinski definition) is 4. The largest absolute Gasteiger partial charge is 0.496 e. The molecular weight excluding hydrogens is 280 g/mol. The summed E-state index contributed by atoms with van der Waals surface area (Å²) in [6.07, 6.45) is 0. The van der Waals surface area contributed by atoms with E-state index in [1.807, 2.05) is 32.0 Å². The van der Waals surface area contributed by atoms with Crippen molar-refractivity contribution in [2.45, 2.75) is 19.8 Å². The zero-order chi connectivity index (χ0) is 15.9. The summed E-state index contributed by atoms with van der Waals surface area (Å²) in [6, 6.07) is 9.21. The third-order valence-electron chi connectivity index (χ3n) is 3.88. The molecule has 0 unspecified atom stereocenters. The summed E-state index contributed by atoms with van der Waals surface area (Å²) in [5, 5.41) is 2.16. The van der Waals surface area contributed by atoms with Crippen molar-refractivity contribution in [1.29, 1.82) is 0 Å². The highest BCUT2D eigenvalue weighted by Crippen LogP contribution is 2.38. The van der Waals surface area contributed by atoms with E-state index in [0.717, 1.165) is 22.1 Å². The maximum absolute atomic E-state index is 12.4. The predicted molar refractivity (Wildman–Crippen MR) is 87.2 cm³/mol. The van der Waals surface area contributed by atoms with Crippen LogP contribution in [-0.4, -0.2) is 14.2 Å². The molecule has 4 heteroatoms. The van der Waals surface area contributed by atoms with Crippen LogP contribution < -0.4 is 15.1 Å². The van der Waals surface area contributed by atoms with E-state index in [4.69, 9.17) is 13.9 Å². The highest BCUT2D eigenvalue weighted by atomic mass is 16.5. The number of rotatable bonds is 3. The van der Waals surface area contributed by atoms with E-state index in [-0.39, 0.29) is 11.5 Å². The summed E-state index contributed by atoms with van der Waals surface area (Å²) in [6.45, 7) is 4.09. The highest BCUT2D eigenvalue weighted by molar-refractivity contribution is 6.09. The number of methoxy groups -OCH3 is 2. The maximum atomic E-state index is 12.4. The molecule has 0 spiro atoms. The topological polar surface area (TPSA) is 48.7 Å². The Hall–Kier alpha value is -2.49. The van der Waals surface area contributed by atoms with E-state index in [2.05, 4.69) is 0 Å². The molecule has 3 rings (SSSR count). The molecule has 0 atom stereocenters. The number of ether oxygens (including phenoxy) is 2. The molecule has 0 bridgehead atoms. The summed E-state index contributed by atoms with van der Waals surface area (Å²) in [7, 11) is 3.22. The first-order valence-electron chi connectivity index (χ1n) is 7.19. The zero-order valence-electron chi connectivity index (χ0n) is 13.1. The van der Waals surface area contributed by atoms with Gasteiger partial charge in [-0.2, -0.15) is 0 Å². The molecule has 0 radical (unpaired) electrons. The van der Waals surface area contributed by atoms with Crippen molar-refractivity contribution in [3.8, 4) is 11.5 Å². The molecule has 0 amide bonds. The zero-order valence-corrected chi connectivity index (χ0v) is 13.1. The fourth-order valence-electron chi connectivity index (χ4n) is 2.91. The molecule has 1 aromatic heterocycles. The van der Waals surface area contributed by atoms with Gasteiger partial charge in [0, 0.05) is 16.3 Å². The van der Waals surface area contributed by atoms with Crippen molar-refractivity contribution in [2.75, 3.05) is 14.2 Å². The second-order valence-electron chi connectivity index (χ2n) is 5.49. The Morgan fingerprint density at radius 1 is 0.955 bits per heavy atom. The van der Waals surface area contributed by atoms with Gasteiger partial charge in [-0.15, -0.1) is 0 Å². The van der Waals surface area contributed by atoms with Gasteiger partial charge in [-0.05, 0) is 30.2 Å². The Labute approximate surface area is 128 Å². The summed E-state index contributed by atoms with van der Waals surface area (Å²) < 4.78 is 16.5. The van der Waals surface area contributed by atoms with Crippen LogP contribution in [0.1, 0.15) is 25.3 Å². The van der Waals surface area contributed by atoms with Crippen LogP contribution in [0.2, 0.25) is 0 Å². The molecule has 22 heavy (non-hydrogen) atoms. The van der Waals surface area contributed by atoms with E-state index in [9.17, 15) is 4.79 Å². The minimum atomic E-state index is -0.364. The molecule has 0 N–H and O–H groups in total. The molecule has 0 aliphatic heterocycles. The molecule has 0 fully saturated rings. The van der Waals surface area contributed by atoms with Gasteiger partial charge in [0.1, 0.15) is 17.1 Å². The average Bonchev–Trinajstić information content (AvgIpc) is 2.53. The van der Waals surface area contributed by atoms with Crippen molar-refractivity contribution >= 4 is 21.7 Å².